The maximum absolute atomic E-state index is 13.1. The highest BCUT2D eigenvalue weighted by Gasteiger charge is 2.27. The van der Waals surface area contributed by atoms with Crippen LogP contribution in [0.1, 0.15) is 6.42 Å². The fourth-order valence-electron chi connectivity index (χ4n) is 1.42. The number of nitrogens with zero attached hydrogens (tertiary/aromatic N) is 1. The second-order valence-electron chi connectivity index (χ2n) is 3.89. The van der Waals surface area contributed by atoms with Gasteiger partial charge in [-0.2, -0.15) is 9.11 Å². The third kappa shape index (κ3) is 4.18. The van der Waals surface area contributed by atoms with Crippen LogP contribution >= 0.6 is 0 Å². The minimum absolute atomic E-state index is 0.391. The number of carbonyl (C=O) groups is 1. The van der Waals surface area contributed by atoms with E-state index in [4.69, 9.17) is 10.2 Å². The number of rotatable bonds is 7. The van der Waals surface area contributed by atoms with Gasteiger partial charge in [-0.1, -0.05) is 0 Å². The second-order valence-corrected chi connectivity index (χ2v) is 5.61. The fraction of sp³-hybridized carbons (Fsp3) is 0.300. The van der Waals surface area contributed by atoms with E-state index < -0.39 is 56.4 Å². The van der Waals surface area contributed by atoms with Gasteiger partial charge in [0.15, 0.2) is 0 Å². The maximum Gasteiger partial charge on any atom is 0.321 e. The molecule has 0 aliphatic heterocycles. The van der Waals surface area contributed by atoms with Gasteiger partial charge in [-0.05, 0) is 18.6 Å². The molecule has 0 fully saturated rings. The predicted octanol–water partition coefficient (Wildman–Crippen LogP) is -0.152. The molecule has 0 saturated heterocycles. The zero-order chi connectivity index (χ0) is 16.2. The van der Waals surface area contributed by atoms with Gasteiger partial charge < -0.3 is 10.2 Å². The lowest BCUT2D eigenvalue weighted by Gasteiger charge is -2.13. The van der Waals surface area contributed by atoms with Crippen molar-refractivity contribution in [3.05, 3.63) is 34.1 Å². The van der Waals surface area contributed by atoms with Crippen molar-refractivity contribution in [1.82, 2.24) is 4.72 Å². The van der Waals surface area contributed by atoms with Gasteiger partial charge in [-0.15, -0.1) is 0 Å². The van der Waals surface area contributed by atoms with Gasteiger partial charge in [-0.25, -0.2) is 8.42 Å². The van der Waals surface area contributed by atoms with Crippen LogP contribution < -0.4 is 4.72 Å². The number of benzene rings is 1. The van der Waals surface area contributed by atoms with Crippen LogP contribution in [0.5, 0.6) is 0 Å². The highest BCUT2D eigenvalue weighted by Crippen LogP contribution is 2.21. The Labute approximate surface area is 118 Å². The number of nitro benzene ring substituents is 1. The van der Waals surface area contributed by atoms with Crippen molar-refractivity contribution in [2.75, 3.05) is 6.61 Å². The Morgan fingerprint density at radius 3 is 2.57 bits per heavy atom. The predicted molar refractivity (Wildman–Crippen MR) is 66.5 cm³/mol. The monoisotopic (exact) mass is 322 g/mol. The van der Waals surface area contributed by atoms with Gasteiger partial charge in [0.25, 0.3) is 0 Å². The number of nitrogens with one attached hydrogen (secondary N) is 1. The number of carboxylic acids is 1. The first-order valence-corrected chi connectivity index (χ1v) is 6.97. The number of hydrogen-bond acceptors (Lipinski definition) is 6. The van der Waals surface area contributed by atoms with E-state index >= 15 is 0 Å². The summed E-state index contributed by atoms with van der Waals surface area (Å²) in [5.74, 6) is -2.74. The van der Waals surface area contributed by atoms with Crippen molar-refractivity contribution in [2.45, 2.75) is 17.4 Å². The maximum atomic E-state index is 13.1. The molecule has 0 radical (unpaired) electrons. The smallest absolute Gasteiger partial charge is 0.321 e. The fourth-order valence-corrected chi connectivity index (χ4v) is 2.66. The largest absolute Gasteiger partial charge is 0.480 e. The highest BCUT2D eigenvalue weighted by molar-refractivity contribution is 7.89. The van der Waals surface area contributed by atoms with E-state index in [1.165, 1.54) is 0 Å². The molecule has 1 aromatic rings. The molecule has 0 aromatic heterocycles. The van der Waals surface area contributed by atoms with Crippen LogP contribution in [0.2, 0.25) is 0 Å². The van der Waals surface area contributed by atoms with Crippen molar-refractivity contribution in [3.8, 4) is 0 Å². The third-order valence-corrected chi connectivity index (χ3v) is 3.91. The van der Waals surface area contributed by atoms with Crippen molar-refractivity contribution < 1.29 is 32.7 Å². The van der Waals surface area contributed by atoms with Crippen molar-refractivity contribution in [2.24, 2.45) is 0 Å². The number of sulfonamides is 1. The van der Waals surface area contributed by atoms with Crippen LogP contribution in [-0.2, 0) is 14.8 Å². The quantitative estimate of drug-likeness (QED) is 0.467. The molecule has 0 aliphatic carbocycles. The Hall–Kier alpha value is -2.11. The molecular formula is C10H11FN2O7S. The molecule has 0 heterocycles. The molecule has 1 rings (SSSR count). The van der Waals surface area contributed by atoms with E-state index in [-0.39, 0.29) is 0 Å². The van der Waals surface area contributed by atoms with Crippen molar-refractivity contribution in [3.63, 3.8) is 0 Å². The second kappa shape index (κ2) is 6.56. The standard InChI is InChI=1S/C10H11FN2O7S/c11-7-2-1-6(5-9(7)13(17)18)21(19,20)12-8(3-4-14)10(15)16/h1-2,5,8,12,14H,3-4H2,(H,15,16)/t8-/m1/s1. The molecule has 0 unspecified atom stereocenters. The molecular weight excluding hydrogens is 311 g/mol. The topological polar surface area (TPSA) is 147 Å². The molecule has 1 atom stereocenters. The van der Waals surface area contributed by atoms with Crippen LogP contribution in [0, 0.1) is 15.9 Å². The molecule has 21 heavy (non-hydrogen) atoms. The van der Waals surface area contributed by atoms with Crippen LogP contribution in [0.25, 0.3) is 0 Å². The summed E-state index contributed by atoms with van der Waals surface area (Å²) in [7, 11) is -4.41. The van der Waals surface area contributed by atoms with Crippen LogP contribution in [0.4, 0.5) is 10.1 Å². The lowest BCUT2D eigenvalue weighted by Crippen LogP contribution is -2.41. The average molecular weight is 322 g/mol. The van der Waals surface area contributed by atoms with E-state index in [0.29, 0.717) is 12.1 Å². The summed E-state index contributed by atoms with van der Waals surface area (Å²) >= 11 is 0. The first kappa shape index (κ1) is 16.9. The van der Waals surface area contributed by atoms with Crippen molar-refractivity contribution in [1.29, 1.82) is 0 Å². The summed E-state index contributed by atoms with van der Waals surface area (Å²) in [6.45, 7) is -0.580. The zero-order valence-corrected chi connectivity index (χ0v) is 11.2. The molecule has 9 nitrogen and oxygen atoms in total. The molecule has 0 saturated carbocycles. The number of aliphatic carboxylic acids is 1. The Morgan fingerprint density at radius 1 is 1.48 bits per heavy atom. The third-order valence-electron chi connectivity index (χ3n) is 2.44. The molecule has 0 aliphatic rings. The summed E-state index contributed by atoms with van der Waals surface area (Å²) in [4.78, 5) is 19.6. The Kier molecular flexibility index (Phi) is 5.29. The van der Waals surface area contributed by atoms with E-state index in [9.17, 15) is 27.7 Å². The molecule has 116 valence electrons. The highest BCUT2D eigenvalue weighted by atomic mass is 32.2. The molecule has 3 N–H and O–H groups in total. The normalized spacial score (nSPS) is 12.9. The summed E-state index contributed by atoms with van der Waals surface area (Å²) in [5, 5.41) is 28.0. The summed E-state index contributed by atoms with van der Waals surface area (Å²) < 4.78 is 38.7. The van der Waals surface area contributed by atoms with Gasteiger partial charge in [0.1, 0.15) is 6.04 Å². The number of nitro groups is 1. The lowest BCUT2D eigenvalue weighted by molar-refractivity contribution is -0.387. The van der Waals surface area contributed by atoms with Gasteiger partial charge in [0, 0.05) is 12.7 Å². The van der Waals surface area contributed by atoms with E-state index in [1.807, 2.05) is 0 Å². The number of aliphatic hydroxyl groups excluding tert-OH is 1. The number of aliphatic hydroxyl groups is 1. The van der Waals surface area contributed by atoms with E-state index in [2.05, 4.69) is 0 Å². The first-order chi connectivity index (χ1) is 9.69. The lowest BCUT2D eigenvalue weighted by atomic mass is 10.2. The minimum Gasteiger partial charge on any atom is -0.480 e. The van der Waals surface area contributed by atoms with Gasteiger partial charge in [0.05, 0.1) is 9.82 Å². The SMILES string of the molecule is O=C(O)[C@@H](CCO)NS(=O)(=O)c1ccc(F)c([N+](=O)[O-])c1. The Bertz CT molecular complexity index is 661. The van der Waals surface area contributed by atoms with E-state index in [0.717, 1.165) is 6.07 Å². The molecule has 0 spiro atoms. The van der Waals surface area contributed by atoms with Crippen LogP contribution in [0.15, 0.2) is 23.1 Å². The summed E-state index contributed by atoms with van der Waals surface area (Å²) in [6.07, 6.45) is -0.391. The summed E-state index contributed by atoms with van der Waals surface area (Å²) in [5.41, 5.74) is -1.05. The molecule has 1 aromatic carbocycles. The first-order valence-electron chi connectivity index (χ1n) is 5.49. The van der Waals surface area contributed by atoms with Crippen LogP contribution in [0.3, 0.4) is 0 Å². The van der Waals surface area contributed by atoms with Crippen molar-refractivity contribution >= 4 is 21.7 Å². The molecule has 0 amide bonds. The van der Waals surface area contributed by atoms with Gasteiger partial charge in [0.2, 0.25) is 15.8 Å². The zero-order valence-electron chi connectivity index (χ0n) is 10.4. The van der Waals surface area contributed by atoms with Gasteiger partial charge in [-0.3, -0.25) is 14.9 Å². The Balaban J connectivity index is 3.16. The number of halogens is 1. The Morgan fingerprint density at radius 2 is 2.10 bits per heavy atom. The van der Waals surface area contributed by atoms with Crippen LogP contribution in [-0.4, -0.2) is 42.2 Å². The van der Waals surface area contributed by atoms with Gasteiger partial charge >= 0.3 is 11.7 Å². The van der Waals surface area contributed by atoms with E-state index in [1.54, 1.807) is 4.72 Å². The number of carboxylic acid groups (broad SMARTS) is 1. The molecule has 11 heteroatoms. The number of hydrogen-bond donors (Lipinski definition) is 3. The molecule has 0 bridgehead atoms. The summed E-state index contributed by atoms with van der Waals surface area (Å²) in [6, 6.07) is 0.233. The minimum atomic E-state index is -4.41. The average Bonchev–Trinajstić information content (AvgIpc) is 2.37.